The zero-order valence-electron chi connectivity index (χ0n) is 15.3. The summed E-state index contributed by atoms with van der Waals surface area (Å²) in [5, 5.41) is 15.6. The van der Waals surface area contributed by atoms with Gasteiger partial charge in [0.15, 0.2) is 6.61 Å². The second-order valence-electron chi connectivity index (χ2n) is 6.11. The van der Waals surface area contributed by atoms with Crippen LogP contribution in [0, 0.1) is 11.3 Å². The Kier molecular flexibility index (Phi) is 6.18. The zero-order chi connectivity index (χ0) is 20.6. The van der Waals surface area contributed by atoms with Crippen LogP contribution in [-0.2, 0) is 14.3 Å². The van der Waals surface area contributed by atoms with Gasteiger partial charge in [-0.25, -0.2) is 4.79 Å². The van der Waals surface area contributed by atoms with Gasteiger partial charge in [-0.2, -0.15) is 5.26 Å². The average molecular weight is 387 g/mol. The molecule has 0 aromatic heterocycles. The fourth-order valence-corrected chi connectivity index (χ4v) is 2.70. The topological polar surface area (TPSA) is 108 Å². The Balaban J connectivity index is 1.55. The molecular weight excluding hydrogens is 370 g/mol. The molecule has 3 rings (SSSR count). The third-order valence-corrected chi connectivity index (χ3v) is 4.04. The number of nitriles is 1. The van der Waals surface area contributed by atoms with Crippen molar-refractivity contribution in [2.24, 2.45) is 0 Å². The van der Waals surface area contributed by atoms with Gasteiger partial charge < -0.3 is 15.4 Å². The van der Waals surface area contributed by atoms with Gasteiger partial charge in [0.1, 0.15) is 6.42 Å². The Morgan fingerprint density at radius 3 is 2.34 bits per heavy atom. The molecule has 2 amide bonds. The van der Waals surface area contributed by atoms with Gasteiger partial charge in [-0.1, -0.05) is 36.4 Å². The van der Waals surface area contributed by atoms with E-state index in [1.54, 1.807) is 12.1 Å². The highest BCUT2D eigenvalue weighted by Gasteiger charge is 2.12. The van der Waals surface area contributed by atoms with Gasteiger partial charge >= 0.3 is 5.97 Å². The fourth-order valence-electron chi connectivity index (χ4n) is 2.70. The third kappa shape index (κ3) is 5.17. The largest absolute Gasteiger partial charge is 0.452 e. The highest BCUT2D eigenvalue weighted by Crippen LogP contribution is 2.22. The lowest BCUT2D eigenvalue weighted by molar-refractivity contribution is -0.119. The molecule has 3 aromatic carbocycles. The standard InChI is InChI=1S/C22H17N3O4/c23-13-12-20(26)24-17-10-8-16(9-11-17)22(28)29-14-21(27)25-19-7-3-5-15-4-1-2-6-18(15)19/h1-11H,12,14H2,(H,24,26)(H,25,27). The predicted octanol–water partition coefficient (Wildman–Crippen LogP) is 3.49. The van der Waals surface area contributed by atoms with Crippen molar-refractivity contribution >= 4 is 39.9 Å². The summed E-state index contributed by atoms with van der Waals surface area (Å²) in [4.78, 5) is 35.7. The van der Waals surface area contributed by atoms with Crippen LogP contribution in [0.15, 0.2) is 66.7 Å². The molecule has 0 aliphatic carbocycles. The number of carbonyl (C=O) groups is 3. The molecule has 2 N–H and O–H groups in total. The van der Waals surface area contributed by atoms with Crippen LogP contribution < -0.4 is 10.6 Å². The number of nitrogens with one attached hydrogen (secondary N) is 2. The molecule has 0 saturated carbocycles. The lowest BCUT2D eigenvalue weighted by atomic mass is 10.1. The number of ether oxygens (including phenoxy) is 1. The summed E-state index contributed by atoms with van der Waals surface area (Å²) >= 11 is 0. The molecule has 0 heterocycles. The number of amides is 2. The summed E-state index contributed by atoms with van der Waals surface area (Å²) in [5.41, 5.74) is 1.33. The summed E-state index contributed by atoms with van der Waals surface area (Å²) in [6, 6.07) is 20.9. The smallest absolute Gasteiger partial charge is 0.338 e. The van der Waals surface area contributed by atoms with Gasteiger partial charge in [-0.15, -0.1) is 0 Å². The summed E-state index contributed by atoms with van der Waals surface area (Å²) < 4.78 is 5.05. The minimum atomic E-state index is -0.659. The van der Waals surface area contributed by atoms with E-state index in [0.29, 0.717) is 11.4 Å². The van der Waals surface area contributed by atoms with Crippen LogP contribution in [-0.4, -0.2) is 24.4 Å². The number of carbonyl (C=O) groups excluding carboxylic acids is 3. The molecule has 0 bridgehead atoms. The normalized spacial score (nSPS) is 10.0. The molecule has 0 aliphatic heterocycles. The molecule has 0 aliphatic rings. The first-order valence-electron chi connectivity index (χ1n) is 8.78. The van der Waals surface area contributed by atoms with Crippen molar-refractivity contribution in [3.8, 4) is 6.07 Å². The first-order chi connectivity index (χ1) is 14.1. The number of hydrogen-bond donors (Lipinski definition) is 2. The van der Waals surface area contributed by atoms with E-state index >= 15 is 0 Å². The molecule has 29 heavy (non-hydrogen) atoms. The molecular formula is C22H17N3O4. The molecule has 0 radical (unpaired) electrons. The summed E-state index contributed by atoms with van der Waals surface area (Å²) in [6.45, 7) is -0.428. The van der Waals surface area contributed by atoms with Gasteiger partial charge in [0.2, 0.25) is 5.91 Å². The minimum Gasteiger partial charge on any atom is -0.452 e. The van der Waals surface area contributed by atoms with E-state index in [2.05, 4.69) is 10.6 Å². The monoisotopic (exact) mass is 387 g/mol. The number of esters is 1. The van der Waals surface area contributed by atoms with Crippen molar-refractivity contribution in [1.29, 1.82) is 5.26 Å². The maximum absolute atomic E-state index is 12.2. The maximum atomic E-state index is 12.2. The van der Waals surface area contributed by atoms with Crippen molar-refractivity contribution in [3.05, 3.63) is 72.3 Å². The van der Waals surface area contributed by atoms with E-state index < -0.39 is 24.4 Å². The van der Waals surface area contributed by atoms with Crippen LogP contribution in [0.2, 0.25) is 0 Å². The molecule has 0 spiro atoms. The highest BCUT2D eigenvalue weighted by atomic mass is 16.5. The lowest BCUT2D eigenvalue weighted by Gasteiger charge is -2.09. The van der Waals surface area contributed by atoms with E-state index in [4.69, 9.17) is 10.00 Å². The number of rotatable bonds is 6. The van der Waals surface area contributed by atoms with Crippen LogP contribution in [0.1, 0.15) is 16.8 Å². The van der Waals surface area contributed by atoms with Crippen molar-refractivity contribution < 1.29 is 19.1 Å². The average Bonchev–Trinajstić information content (AvgIpc) is 2.73. The van der Waals surface area contributed by atoms with Crippen LogP contribution in [0.5, 0.6) is 0 Å². The van der Waals surface area contributed by atoms with Crippen molar-refractivity contribution in [3.63, 3.8) is 0 Å². The summed E-state index contributed by atoms with van der Waals surface area (Å²) in [6.07, 6.45) is -0.254. The van der Waals surface area contributed by atoms with E-state index in [9.17, 15) is 14.4 Å². The van der Waals surface area contributed by atoms with Gasteiger partial charge in [-0.3, -0.25) is 9.59 Å². The van der Waals surface area contributed by atoms with E-state index in [0.717, 1.165) is 10.8 Å². The number of nitrogens with zero attached hydrogens (tertiary/aromatic N) is 1. The Morgan fingerprint density at radius 2 is 1.59 bits per heavy atom. The Labute approximate surface area is 166 Å². The van der Waals surface area contributed by atoms with Gasteiger partial charge in [-0.05, 0) is 35.7 Å². The zero-order valence-corrected chi connectivity index (χ0v) is 15.3. The van der Waals surface area contributed by atoms with E-state index in [1.165, 1.54) is 24.3 Å². The number of anilines is 2. The summed E-state index contributed by atoms with van der Waals surface area (Å²) in [7, 11) is 0. The molecule has 0 unspecified atom stereocenters. The molecule has 0 atom stereocenters. The molecule has 0 fully saturated rings. The Morgan fingerprint density at radius 1 is 0.862 bits per heavy atom. The first kappa shape index (κ1) is 19.6. The molecule has 7 nitrogen and oxygen atoms in total. The van der Waals surface area contributed by atoms with Crippen molar-refractivity contribution in [2.75, 3.05) is 17.2 Å². The van der Waals surface area contributed by atoms with Gasteiger partial charge in [0.05, 0.1) is 11.6 Å². The van der Waals surface area contributed by atoms with Crippen LogP contribution in [0.4, 0.5) is 11.4 Å². The second kappa shape index (κ2) is 9.15. The summed E-state index contributed by atoms with van der Waals surface area (Å²) in [5.74, 6) is -1.55. The van der Waals surface area contributed by atoms with Gasteiger partial charge in [0.25, 0.3) is 5.91 Å². The maximum Gasteiger partial charge on any atom is 0.338 e. The van der Waals surface area contributed by atoms with Crippen LogP contribution in [0.25, 0.3) is 10.8 Å². The van der Waals surface area contributed by atoms with E-state index in [1.807, 2.05) is 36.4 Å². The first-order valence-corrected chi connectivity index (χ1v) is 8.78. The predicted molar refractivity (Wildman–Crippen MR) is 108 cm³/mol. The molecule has 144 valence electrons. The molecule has 7 heteroatoms. The molecule has 0 saturated heterocycles. The second-order valence-corrected chi connectivity index (χ2v) is 6.11. The van der Waals surface area contributed by atoms with Crippen molar-refractivity contribution in [1.82, 2.24) is 0 Å². The third-order valence-electron chi connectivity index (χ3n) is 4.04. The minimum absolute atomic E-state index is 0.237. The van der Waals surface area contributed by atoms with E-state index in [-0.39, 0.29) is 12.0 Å². The quantitative estimate of drug-likeness (QED) is 0.630. The number of fused-ring (bicyclic) bond motifs is 1. The fraction of sp³-hybridized carbons (Fsp3) is 0.0909. The lowest BCUT2D eigenvalue weighted by Crippen LogP contribution is -2.21. The Hall–Kier alpha value is -4.18. The van der Waals surface area contributed by atoms with Gasteiger partial charge in [0, 0.05) is 16.8 Å². The van der Waals surface area contributed by atoms with Crippen molar-refractivity contribution in [2.45, 2.75) is 6.42 Å². The number of benzene rings is 3. The highest BCUT2D eigenvalue weighted by molar-refractivity contribution is 6.03. The SMILES string of the molecule is N#CCC(=O)Nc1ccc(C(=O)OCC(=O)Nc2cccc3ccccc23)cc1. The van der Waals surface area contributed by atoms with Crippen LogP contribution in [0.3, 0.4) is 0 Å². The molecule has 3 aromatic rings. The van der Waals surface area contributed by atoms with Crippen LogP contribution >= 0.6 is 0 Å². The number of hydrogen-bond acceptors (Lipinski definition) is 5. The Bertz CT molecular complexity index is 1100.